The van der Waals surface area contributed by atoms with Crippen LogP contribution in [0.2, 0.25) is 0 Å². The average Bonchev–Trinajstić information content (AvgIpc) is 2.32. The Bertz CT molecular complexity index is 470. The summed E-state index contributed by atoms with van der Waals surface area (Å²) >= 11 is 1.58. The van der Waals surface area contributed by atoms with Crippen LogP contribution in [0.4, 0.5) is 17.2 Å². The number of hydrogen-bond acceptors (Lipinski definition) is 5. The summed E-state index contributed by atoms with van der Waals surface area (Å²) in [6.45, 7) is 0. The van der Waals surface area contributed by atoms with Crippen molar-refractivity contribution >= 4 is 29.0 Å². The van der Waals surface area contributed by atoms with Crippen LogP contribution in [0, 0.1) is 0 Å². The highest BCUT2D eigenvalue weighted by Gasteiger charge is 1.98. The molecule has 2 aromatic rings. The fourth-order valence-corrected chi connectivity index (χ4v) is 1.62. The third-order valence-corrected chi connectivity index (χ3v) is 2.68. The zero-order valence-corrected chi connectivity index (χ0v) is 9.66. The van der Waals surface area contributed by atoms with E-state index in [0.29, 0.717) is 0 Å². The first-order valence-electron chi connectivity index (χ1n) is 4.76. The van der Waals surface area contributed by atoms with E-state index in [2.05, 4.69) is 15.3 Å². The molecular weight excluding hydrogens is 220 g/mol. The van der Waals surface area contributed by atoms with Gasteiger partial charge in [0.1, 0.15) is 17.2 Å². The highest BCUT2D eigenvalue weighted by atomic mass is 32.2. The zero-order chi connectivity index (χ0) is 11.4. The maximum absolute atomic E-state index is 5.61. The average molecular weight is 232 g/mol. The molecule has 0 unspecified atom stereocenters. The molecule has 0 saturated heterocycles. The van der Waals surface area contributed by atoms with Crippen LogP contribution in [-0.4, -0.2) is 16.2 Å². The van der Waals surface area contributed by atoms with Gasteiger partial charge in [-0.1, -0.05) is 0 Å². The van der Waals surface area contributed by atoms with Crippen molar-refractivity contribution in [3.05, 3.63) is 36.7 Å². The molecule has 3 N–H and O–H groups in total. The van der Waals surface area contributed by atoms with Gasteiger partial charge in [0.05, 0.1) is 0 Å². The lowest BCUT2D eigenvalue weighted by Crippen LogP contribution is -1.95. The van der Waals surface area contributed by atoms with Gasteiger partial charge in [-0.15, -0.1) is 11.8 Å². The van der Waals surface area contributed by atoms with Gasteiger partial charge in [-0.3, -0.25) is 0 Å². The number of rotatable bonds is 3. The quantitative estimate of drug-likeness (QED) is 0.483. The Morgan fingerprint density at radius 2 is 1.94 bits per heavy atom. The van der Waals surface area contributed by atoms with Gasteiger partial charge in [-0.05, 0) is 30.5 Å². The minimum absolute atomic E-state index is 0.748. The lowest BCUT2D eigenvalue weighted by Gasteiger charge is -2.06. The number of nitrogens with two attached hydrogens (primary N) is 1. The van der Waals surface area contributed by atoms with Gasteiger partial charge in [0, 0.05) is 17.4 Å². The number of benzene rings is 1. The van der Waals surface area contributed by atoms with Gasteiger partial charge >= 0.3 is 0 Å². The van der Waals surface area contributed by atoms with E-state index in [0.717, 1.165) is 22.2 Å². The number of hydrogen-bond donors (Lipinski definition) is 2. The topological polar surface area (TPSA) is 63.8 Å². The van der Waals surface area contributed by atoms with E-state index in [1.54, 1.807) is 18.1 Å². The molecule has 0 fully saturated rings. The Morgan fingerprint density at radius 3 is 2.62 bits per heavy atom. The standard InChI is InChI=1S/C11H12N4S/c1-16-11-6-10(13-7-14-11)15-9-4-2-8(12)3-5-9/h2-7H,12H2,1H3,(H,13,14,15). The van der Waals surface area contributed by atoms with Crippen LogP contribution < -0.4 is 11.1 Å². The maximum Gasteiger partial charge on any atom is 0.134 e. The summed E-state index contributed by atoms with van der Waals surface area (Å²) in [5.74, 6) is 0.782. The van der Waals surface area contributed by atoms with Crippen LogP contribution in [0.3, 0.4) is 0 Å². The van der Waals surface area contributed by atoms with Gasteiger partial charge < -0.3 is 11.1 Å². The molecule has 1 aromatic carbocycles. The maximum atomic E-state index is 5.61. The summed E-state index contributed by atoms with van der Waals surface area (Å²) in [6.07, 6.45) is 3.53. The molecule has 16 heavy (non-hydrogen) atoms. The number of thioether (sulfide) groups is 1. The van der Waals surface area contributed by atoms with Crippen LogP contribution in [0.1, 0.15) is 0 Å². The van der Waals surface area contributed by atoms with Gasteiger partial charge in [0.2, 0.25) is 0 Å². The summed E-state index contributed by atoms with van der Waals surface area (Å²) in [6, 6.07) is 9.42. The normalized spacial score (nSPS) is 10.1. The molecule has 0 bridgehead atoms. The Kier molecular flexibility index (Phi) is 3.26. The fraction of sp³-hybridized carbons (Fsp3) is 0.0909. The lowest BCUT2D eigenvalue weighted by molar-refractivity contribution is 1.05. The van der Waals surface area contributed by atoms with Gasteiger partial charge in [-0.25, -0.2) is 9.97 Å². The molecule has 0 aliphatic carbocycles. The second-order valence-electron chi connectivity index (χ2n) is 3.19. The van der Waals surface area contributed by atoms with Crippen LogP contribution in [0.5, 0.6) is 0 Å². The van der Waals surface area contributed by atoms with Crippen molar-refractivity contribution in [1.82, 2.24) is 9.97 Å². The first-order valence-corrected chi connectivity index (χ1v) is 5.99. The SMILES string of the molecule is CSc1cc(Nc2ccc(N)cc2)ncn1. The summed E-state index contributed by atoms with van der Waals surface area (Å²) in [7, 11) is 0. The van der Waals surface area contributed by atoms with Crippen LogP contribution in [0.25, 0.3) is 0 Å². The van der Waals surface area contributed by atoms with Gasteiger partial charge in [0.25, 0.3) is 0 Å². The molecule has 82 valence electrons. The molecule has 2 rings (SSSR count). The number of nitrogen functional groups attached to an aromatic ring is 1. The second kappa shape index (κ2) is 4.85. The Balaban J connectivity index is 2.16. The highest BCUT2D eigenvalue weighted by molar-refractivity contribution is 7.98. The number of aromatic nitrogens is 2. The predicted octanol–water partition coefficient (Wildman–Crippen LogP) is 2.52. The fourth-order valence-electron chi connectivity index (χ4n) is 1.23. The molecule has 1 heterocycles. The van der Waals surface area contributed by atoms with Crippen molar-refractivity contribution in [2.75, 3.05) is 17.3 Å². The van der Waals surface area contributed by atoms with E-state index in [1.807, 2.05) is 36.6 Å². The number of anilines is 3. The summed E-state index contributed by atoms with van der Waals surface area (Å²) in [5, 5.41) is 4.12. The van der Waals surface area contributed by atoms with Crippen molar-refractivity contribution in [2.45, 2.75) is 5.03 Å². The van der Waals surface area contributed by atoms with E-state index in [4.69, 9.17) is 5.73 Å². The minimum atomic E-state index is 0.748. The first-order chi connectivity index (χ1) is 7.78. The molecule has 0 aliphatic rings. The third-order valence-electron chi connectivity index (χ3n) is 2.03. The van der Waals surface area contributed by atoms with E-state index < -0.39 is 0 Å². The van der Waals surface area contributed by atoms with Crippen molar-refractivity contribution in [2.24, 2.45) is 0 Å². The molecule has 1 aromatic heterocycles. The Morgan fingerprint density at radius 1 is 1.19 bits per heavy atom. The molecule has 0 amide bonds. The second-order valence-corrected chi connectivity index (χ2v) is 4.02. The largest absolute Gasteiger partial charge is 0.399 e. The Labute approximate surface area is 98.3 Å². The first kappa shape index (κ1) is 10.8. The highest BCUT2D eigenvalue weighted by Crippen LogP contribution is 2.18. The monoisotopic (exact) mass is 232 g/mol. The number of nitrogens with one attached hydrogen (secondary N) is 1. The van der Waals surface area contributed by atoms with E-state index in [-0.39, 0.29) is 0 Å². The van der Waals surface area contributed by atoms with Gasteiger partial charge in [-0.2, -0.15) is 0 Å². The molecule has 4 nitrogen and oxygen atoms in total. The van der Waals surface area contributed by atoms with Crippen molar-refractivity contribution in [1.29, 1.82) is 0 Å². The molecule has 0 saturated carbocycles. The van der Waals surface area contributed by atoms with Crippen LogP contribution in [0.15, 0.2) is 41.7 Å². The molecule has 0 spiro atoms. The zero-order valence-electron chi connectivity index (χ0n) is 8.84. The van der Waals surface area contributed by atoms with Crippen molar-refractivity contribution < 1.29 is 0 Å². The molecular formula is C11H12N4S. The smallest absolute Gasteiger partial charge is 0.134 e. The van der Waals surface area contributed by atoms with E-state index in [9.17, 15) is 0 Å². The molecule has 0 atom stereocenters. The molecule has 5 heteroatoms. The summed E-state index contributed by atoms with van der Waals surface area (Å²) in [5.41, 5.74) is 7.32. The van der Waals surface area contributed by atoms with Crippen molar-refractivity contribution in [3.63, 3.8) is 0 Å². The predicted molar refractivity (Wildman–Crippen MR) is 68.0 cm³/mol. The third kappa shape index (κ3) is 2.64. The van der Waals surface area contributed by atoms with Gasteiger partial charge in [0.15, 0.2) is 0 Å². The molecule has 0 radical (unpaired) electrons. The summed E-state index contributed by atoms with van der Waals surface area (Å²) in [4.78, 5) is 8.24. The number of nitrogens with zero attached hydrogens (tertiary/aromatic N) is 2. The van der Waals surface area contributed by atoms with Crippen LogP contribution in [-0.2, 0) is 0 Å². The van der Waals surface area contributed by atoms with Crippen LogP contribution >= 0.6 is 11.8 Å². The van der Waals surface area contributed by atoms with Crippen molar-refractivity contribution in [3.8, 4) is 0 Å². The Hall–Kier alpha value is -1.75. The van der Waals surface area contributed by atoms with E-state index >= 15 is 0 Å². The minimum Gasteiger partial charge on any atom is -0.399 e. The van der Waals surface area contributed by atoms with E-state index in [1.165, 1.54) is 0 Å². The molecule has 0 aliphatic heterocycles. The lowest BCUT2D eigenvalue weighted by atomic mass is 10.3. The summed E-state index contributed by atoms with van der Waals surface area (Å²) < 4.78 is 0.